The van der Waals surface area contributed by atoms with E-state index in [2.05, 4.69) is 18.5 Å². The van der Waals surface area contributed by atoms with Gasteiger partial charge in [-0.05, 0) is 32.0 Å². The number of anilines is 1. The van der Waals surface area contributed by atoms with Crippen LogP contribution in [0.4, 0.5) is 10.5 Å². The van der Waals surface area contributed by atoms with Crippen molar-refractivity contribution < 1.29 is 9.59 Å². The smallest absolute Gasteiger partial charge is 0.324 e. The average molecular weight is 370 g/mol. The minimum atomic E-state index is -0.142. The van der Waals surface area contributed by atoms with Gasteiger partial charge >= 0.3 is 6.03 Å². The largest absolute Gasteiger partial charge is 0.339 e. The molecule has 2 aliphatic rings. The Morgan fingerprint density at radius 2 is 1.96 bits per heavy atom. The average Bonchev–Trinajstić information content (AvgIpc) is 2.85. The fourth-order valence-corrected chi connectivity index (χ4v) is 4.18. The summed E-state index contributed by atoms with van der Waals surface area (Å²) in [7, 11) is 3.95. The number of piperazine rings is 1. The standard InChI is InChI=1S/C21H30N4O2/c1-4-13-24-14-12-21(11-10-19(24)26)17-25(16-15-22(21)2)20(27)23(3)18-8-6-5-7-9-18/h4-9H,1,10-17H2,2-3H3. The van der Waals surface area contributed by atoms with Gasteiger partial charge in [0.1, 0.15) is 0 Å². The van der Waals surface area contributed by atoms with Gasteiger partial charge in [0, 0.05) is 57.4 Å². The highest BCUT2D eigenvalue weighted by Gasteiger charge is 2.43. The molecule has 0 N–H and O–H groups in total. The molecule has 0 aromatic heterocycles. The number of benzene rings is 1. The van der Waals surface area contributed by atoms with Gasteiger partial charge in [-0.25, -0.2) is 4.79 Å². The van der Waals surface area contributed by atoms with Gasteiger partial charge in [0.05, 0.1) is 0 Å². The summed E-state index contributed by atoms with van der Waals surface area (Å²) in [5.74, 6) is 0.185. The Morgan fingerprint density at radius 1 is 1.22 bits per heavy atom. The van der Waals surface area contributed by atoms with Crippen molar-refractivity contribution >= 4 is 17.6 Å². The summed E-state index contributed by atoms with van der Waals surface area (Å²) in [5, 5.41) is 0. The van der Waals surface area contributed by atoms with E-state index in [-0.39, 0.29) is 17.5 Å². The van der Waals surface area contributed by atoms with E-state index in [4.69, 9.17) is 0 Å². The van der Waals surface area contributed by atoms with E-state index >= 15 is 0 Å². The summed E-state index contributed by atoms with van der Waals surface area (Å²) in [5.41, 5.74) is 0.750. The summed E-state index contributed by atoms with van der Waals surface area (Å²) in [6.45, 7) is 7.26. The van der Waals surface area contributed by atoms with Crippen LogP contribution in [0.2, 0.25) is 0 Å². The molecular formula is C21H30N4O2. The van der Waals surface area contributed by atoms with Crippen LogP contribution in [-0.4, -0.2) is 79.0 Å². The zero-order valence-electron chi connectivity index (χ0n) is 16.4. The van der Waals surface area contributed by atoms with E-state index < -0.39 is 0 Å². The maximum atomic E-state index is 13.1. The van der Waals surface area contributed by atoms with Crippen LogP contribution in [0.1, 0.15) is 19.3 Å². The molecule has 3 amide bonds. The van der Waals surface area contributed by atoms with Crippen LogP contribution in [0.3, 0.4) is 0 Å². The number of hydrogen-bond acceptors (Lipinski definition) is 3. The topological polar surface area (TPSA) is 47.1 Å². The van der Waals surface area contributed by atoms with Crippen molar-refractivity contribution in [3.05, 3.63) is 43.0 Å². The Hall–Kier alpha value is -2.34. The molecule has 1 atom stereocenters. The van der Waals surface area contributed by atoms with Crippen LogP contribution in [0.5, 0.6) is 0 Å². The molecule has 2 heterocycles. The van der Waals surface area contributed by atoms with Gasteiger partial charge in [-0.3, -0.25) is 14.6 Å². The fraction of sp³-hybridized carbons (Fsp3) is 0.524. The maximum absolute atomic E-state index is 13.1. The van der Waals surface area contributed by atoms with Gasteiger partial charge in [-0.2, -0.15) is 0 Å². The monoisotopic (exact) mass is 370 g/mol. The van der Waals surface area contributed by atoms with E-state index in [9.17, 15) is 9.59 Å². The lowest BCUT2D eigenvalue weighted by Gasteiger charge is -2.49. The maximum Gasteiger partial charge on any atom is 0.324 e. The lowest BCUT2D eigenvalue weighted by molar-refractivity contribution is -0.130. The third-order valence-corrected chi connectivity index (χ3v) is 6.05. The van der Waals surface area contributed by atoms with Crippen LogP contribution in [-0.2, 0) is 4.79 Å². The van der Waals surface area contributed by atoms with Crippen molar-refractivity contribution in [3.63, 3.8) is 0 Å². The summed E-state index contributed by atoms with van der Waals surface area (Å²) < 4.78 is 0. The predicted molar refractivity (Wildman–Crippen MR) is 108 cm³/mol. The van der Waals surface area contributed by atoms with E-state index in [0.717, 1.165) is 25.1 Å². The summed E-state index contributed by atoms with van der Waals surface area (Å²) >= 11 is 0. The number of carbonyl (C=O) groups is 2. The predicted octanol–water partition coefficient (Wildman–Crippen LogP) is 2.43. The molecule has 0 aliphatic carbocycles. The quantitative estimate of drug-likeness (QED) is 0.768. The highest BCUT2D eigenvalue weighted by molar-refractivity contribution is 5.91. The van der Waals surface area contributed by atoms with E-state index in [0.29, 0.717) is 32.6 Å². The SMILES string of the molecule is C=CCN1CCC2(CCC1=O)CN(C(=O)N(C)c1ccccc1)CCN2C. The first-order valence-corrected chi connectivity index (χ1v) is 9.64. The second-order valence-electron chi connectivity index (χ2n) is 7.62. The van der Waals surface area contributed by atoms with Gasteiger partial charge in [0.25, 0.3) is 0 Å². The van der Waals surface area contributed by atoms with Crippen LogP contribution < -0.4 is 4.90 Å². The van der Waals surface area contributed by atoms with Crippen molar-refractivity contribution in [2.75, 3.05) is 51.7 Å². The van der Waals surface area contributed by atoms with Crippen molar-refractivity contribution in [3.8, 4) is 0 Å². The summed E-state index contributed by atoms with van der Waals surface area (Å²) in [4.78, 5) is 33.4. The van der Waals surface area contributed by atoms with Gasteiger partial charge in [0.2, 0.25) is 5.91 Å². The number of carbonyl (C=O) groups excluding carboxylic acids is 2. The molecular weight excluding hydrogens is 340 g/mol. The first-order chi connectivity index (χ1) is 13.0. The molecule has 1 spiro atoms. The first kappa shape index (κ1) is 19.4. The Labute approximate surface area is 162 Å². The molecule has 2 aliphatic heterocycles. The minimum Gasteiger partial charge on any atom is -0.339 e. The van der Waals surface area contributed by atoms with Crippen LogP contribution in [0, 0.1) is 0 Å². The number of amides is 3. The van der Waals surface area contributed by atoms with Gasteiger partial charge in [-0.15, -0.1) is 6.58 Å². The summed E-state index contributed by atoms with van der Waals surface area (Å²) in [6, 6.07) is 9.74. The highest BCUT2D eigenvalue weighted by Crippen LogP contribution is 2.32. The number of para-hydroxylation sites is 1. The molecule has 2 fully saturated rings. The molecule has 1 aromatic rings. The summed E-state index contributed by atoms with van der Waals surface area (Å²) in [6.07, 6.45) is 3.97. The van der Waals surface area contributed by atoms with Crippen molar-refractivity contribution in [1.82, 2.24) is 14.7 Å². The van der Waals surface area contributed by atoms with E-state index in [1.54, 1.807) is 11.0 Å². The lowest BCUT2D eigenvalue weighted by Crippen LogP contribution is -2.63. The van der Waals surface area contributed by atoms with Crippen LogP contribution >= 0.6 is 0 Å². The Kier molecular flexibility index (Phi) is 5.85. The Bertz CT molecular complexity index is 693. The number of rotatable bonds is 3. The Morgan fingerprint density at radius 3 is 2.67 bits per heavy atom. The van der Waals surface area contributed by atoms with Crippen molar-refractivity contribution in [2.45, 2.75) is 24.8 Å². The molecule has 3 rings (SSSR count). The van der Waals surface area contributed by atoms with Crippen molar-refractivity contribution in [1.29, 1.82) is 0 Å². The molecule has 146 valence electrons. The number of urea groups is 1. The van der Waals surface area contributed by atoms with Gasteiger partial charge < -0.3 is 9.80 Å². The number of nitrogens with zero attached hydrogens (tertiary/aromatic N) is 4. The first-order valence-electron chi connectivity index (χ1n) is 9.64. The van der Waals surface area contributed by atoms with E-state index in [1.807, 2.05) is 47.2 Å². The number of likely N-dealkylation sites (tertiary alicyclic amines) is 1. The minimum absolute atomic E-state index is 0.0206. The lowest BCUT2D eigenvalue weighted by atomic mass is 9.86. The normalized spacial score (nSPS) is 24.0. The highest BCUT2D eigenvalue weighted by atomic mass is 16.2. The number of likely N-dealkylation sites (N-methyl/N-ethyl adjacent to an activating group) is 1. The van der Waals surface area contributed by atoms with Crippen LogP contribution in [0.25, 0.3) is 0 Å². The van der Waals surface area contributed by atoms with Gasteiger partial charge in [0.15, 0.2) is 0 Å². The third-order valence-electron chi connectivity index (χ3n) is 6.05. The second kappa shape index (κ2) is 8.13. The molecule has 1 unspecified atom stereocenters. The molecule has 0 radical (unpaired) electrons. The molecule has 6 nitrogen and oxygen atoms in total. The zero-order valence-corrected chi connectivity index (χ0v) is 16.4. The molecule has 27 heavy (non-hydrogen) atoms. The molecule has 0 bridgehead atoms. The zero-order chi connectivity index (χ0) is 19.4. The molecule has 1 aromatic carbocycles. The Balaban J connectivity index is 1.74. The molecule has 6 heteroatoms. The fourth-order valence-electron chi connectivity index (χ4n) is 4.18. The van der Waals surface area contributed by atoms with Crippen molar-refractivity contribution in [2.24, 2.45) is 0 Å². The third kappa shape index (κ3) is 4.00. The number of hydrogen-bond donors (Lipinski definition) is 0. The van der Waals surface area contributed by atoms with Gasteiger partial charge in [-0.1, -0.05) is 24.3 Å². The van der Waals surface area contributed by atoms with Crippen LogP contribution in [0.15, 0.2) is 43.0 Å². The molecule has 0 saturated carbocycles. The second-order valence-corrected chi connectivity index (χ2v) is 7.62. The van der Waals surface area contributed by atoms with E-state index in [1.165, 1.54) is 0 Å². The molecule has 2 saturated heterocycles.